The lowest BCUT2D eigenvalue weighted by molar-refractivity contribution is -0.905. The maximum atomic E-state index is 10.3. The molecule has 1 aromatic heterocycles. The Bertz CT molecular complexity index is 312. The zero-order valence-corrected chi connectivity index (χ0v) is 6.30. The molecular formula is C6H7N2O4+. The molecule has 0 saturated carbocycles. The van der Waals surface area contributed by atoms with Gasteiger partial charge in [0.25, 0.3) is 11.9 Å². The van der Waals surface area contributed by atoms with Crippen LogP contribution in [0.25, 0.3) is 0 Å². The lowest BCUT2D eigenvalue weighted by Crippen LogP contribution is -2.28. The Labute approximate surface area is 67.7 Å². The van der Waals surface area contributed by atoms with Crippen molar-refractivity contribution in [2.75, 3.05) is 7.11 Å². The summed E-state index contributed by atoms with van der Waals surface area (Å²) in [5.74, 6) is 0.0185. The van der Waals surface area contributed by atoms with Crippen LogP contribution in [0.1, 0.15) is 0 Å². The molecule has 12 heavy (non-hydrogen) atoms. The third kappa shape index (κ3) is 1.42. The van der Waals surface area contributed by atoms with E-state index in [-0.39, 0.29) is 11.4 Å². The molecule has 0 aromatic carbocycles. The monoisotopic (exact) mass is 171 g/mol. The molecule has 64 valence electrons. The Morgan fingerprint density at radius 2 is 2.42 bits per heavy atom. The third-order valence-electron chi connectivity index (χ3n) is 1.30. The summed E-state index contributed by atoms with van der Waals surface area (Å²) in [5.41, 5.74) is -0.178. The van der Waals surface area contributed by atoms with Gasteiger partial charge in [0.2, 0.25) is 6.20 Å². The standard InChI is InChI=1S/C6H7N2O4/c1-12-6-4-7(9)3-2-5(6)8(10)11/h2-4,9H,1H3/q+1. The van der Waals surface area contributed by atoms with Crippen LogP contribution >= 0.6 is 0 Å². The van der Waals surface area contributed by atoms with E-state index in [4.69, 9.17) is 5.21 Å². The first-order valence-electron chi connectivity index (χ1n) is 3.08. The van der Waals surface area contributed by atoms with Gasteiger partial charge in [0, 0.05) is 4.73 Å². The van der Waals surface area contributed by atoms with E-state index >= 15 is 0 Å². The molecular weight excluding hydrogens is 164 g/mol. The van der Waals surface area contributed by atoms with Gasteiger partial charge in [-0.2, -0.15) is 0 Å². The van der Waals surface area contributed by atoms with Crippen LogP contribution in [-0.4, -0.2) is 17.2 Å². The van der Waals surface area contributed by atoms with E-state index in [1.807, 2.05) is 0 Å². The molecule has 1 aromatic rings. The van der Waals surface area contributed by atoms with E-state index in [0.717, 1.165) is 18.5 Å². The lowest BCUT2D eigenvalue weighted by atomic mass is 10.4. The number of hydrogen-bond donors (Lipinski definition) is 1. The van der Waals surface area contributed by atoms with Gasteiger partial charge >= 0.3 is 5.69 Å². The van der Waals surface area contributed by atoms with Crippen molar-refractivity contribution in [2.45, 2.75) is 0 Å². The first-order chi connectivity index (χ1) is 5.65. The smallest absolute Gasteiger partial charge is 0.323 e. The van der Waals surface area contributed by atoms with Crippen molar-refractivity contribution in [1.29, 1.82) is 0 Å². The maximum Gasteiger partial charge on any atom is 0.323 e. The minimum absolute atomic E-state index is 0.0185. The number of ether oxygens (including phenoxy) is 1. The summed E-state index contributed by atoms with van der Waals surface area (Å²) in [4.78, 5) is 9.74. The van der Waals surface area contributed by atoms with Crippen LogP contribution in [0.5, 0.6) is 5.75 Å². The SMILES string of the molecule is COc1c[n+](O)ccc1[N+](=O)[O-]. The number of methoxy groups -OCH3 is 1. The van der Waals surface area contributed by atoms with Crippen LogP contribution in [-0.2, 0) is 0 Å². The Morgan fingerprint density at radius 1 is 1.75 bits per heavy atom. The topological polar surface area (TPSA) is 76.5 Å². The van der Waals surface area contributed by atoms with Crippen LogP contribution in [0.4, 0.5) is 5.69 Å². The fourth-order valence-corrected chi connectivity index (χ4v) is 0.767. The third-order valence-corrected chi connectivity index (χ3v) is 1.30. The highest BCUT2D eigenvalue weighted by molar-refractivity contribution is 5.41. The second kappa shape index (κ2) is 3.04. The number of nitrogens with zero attached hydrogens (tertiary/aromatic N) is 2. The fourth-order valence-electron chi connectivity index (χ4n) is 0.767. The quantitative estimate of drug-likeness (QED) is 0.297. The van der Waals surface area contributed by atoms with E-state index < -0.39 is 4.92 Å². The van der Waals surface area contributed by atoms with E-state index in [9.17, 15) is 10.1 Å². The molecule has 0 amide bonds. The molecule has 6 nitrogen and oxygen atoms in total. The maximum absolute atomic E-state index is 10.3. The molecule has 0 radical (unpaired) electrons. The second-order valence-electron chi connectivity index (χ2n) is 2.04. The van der Waals surface area contributed by atoms with Gasteiger partial charge in [0.15, 0.2) is 0 Å². The normalized spacial score (nSPS) is 9.42. The van der Waals surface area contributed by atoms with E-state index in [1.165, 1.54) is 7.11 Å². The molecule has 0 bridgehead atoms. The highest BCUT2D eigenvalue weighted by atomic mass is 16.6. The predicted octanol–water partition coefficient (Wildman–Crippen LogP) is 0.128. The molecule has 0 aliphatic rings. The highest BCUT2D eigenvalue weighted by Crippen LogP contribution is 2.22. The van der Waals surface area contributed by atoms with Crippen LogP contribution in [0.15, 0.2) is 18.5 Å². The minimum atomic E-state index is -0.584. The molecule has 0 spiro atoms. The summed E-state index contributed by atoms with van der Waals surface area (Å²) in [7, 11) is 1.29. The summed E-state index contributed by atoms with van der Waals surface area (Å²) in [6.45, 7) is 0. The first kappa shape index (κ1) is 8.25. The average Bonchev–Trinajstić information content (AvgIpc) is 2.03. The summed E-state index contributed by atoms with van der Waals surface area (Å²) in [6, 6.07) is 1.15. The molecule has 0 atom stereocenters. The van der Waals surface area contributed by atoms with Crippen molar-refractivity contribution in [3.8, 4) is 5.75 Å². The summed E-state index contributed by atoms with van der Waals surface area (Å²) in [5, 5.41) is 19.2. The van der Waals surface area contributed by atoms with Crippen LogP contribution in [0.2, 0.25) is 0 Å². The average molecular weight is 171 g/mol. The Hall–Kier alpha value is -1.85. The van der Waals surface area contributed by atoms with Crippen molar-refractivity contribution >= 4 is 5.69 Å². The molecule has 1 heterocycles. The first-order valence-corrected chi connectivity index (χ1v) is 3.08. The lowest BCUT2D eigenvalue weighted by Gasteiger charge is -1.96. The van der Waals surface area contributed by atoms with Gasteiger partial charge in [0.05, 0.1) is 18.1 Å². The predicted molar refractivity (Wildman–Crippen MR) is 37.0 cm³/mol. The largest absolute Gasteiger partial charge is 0.486 e. The summed E-state index contributed by atoms with van der Waals surface area (Å²) in [6.07, 6.45) is 2.26. The number of hydrogen-bond acceptors (Lipinski definition) is 4. The van der Waals surface area contributed by atoms with E-state index in [2.05, 4.69) is 4.74 Å². The summed E-state index contributed by atoms with van der Waals surface area (Å²) >= 11 is 0. The fraction of sp³-hybridized carbons (Fsp3) is 0.167. The zero-order valence-electron chi connectivity index (χ0n) is 6.30. The molecule has 1 N–H and O–H groups in total. The van der Waals surface area contributed by atoms with E-state index in [0.29, 0.717) is 4.73 Å². The van der Waals surface area contributed by atoms with Gasteiger partial charge in [-0.1, -0.05) is 0 Å². The second-order valence-corrected chi connectivity index (χ2v) is 2.04. The van der Waals surface area contributed by atoms with Gasteiger partial charge in [-0.05, 0) is 0 Å². The van der Waals surface area contributed by atoms with Gasteiger partial charge < -0.3 is 4.74 Å². The zero-order chi connectivity index (χ0) is 9.14. The summed E-state index contributed by atoms with van der Waals surface area (Å²) < 4.78 is 5.35. The van der Waals surface area contributed by atoms with Crippen molar-refractivity contribution in [3.63, 3.8) is 0 Å². The Kier molecular flexibility index (Phi) is 2.09. The Morgan fingerprint density at radius 3 is 2.92 bits per heavy atom. The number of rotatable bonds is 2. The van der Waals surface area contributed by atoms with Crippen molar-refractivity contribution in [1.82, 2.24) is 0 Å². The molecule has 0 unspecified atom stereocenters. The molecule has 0 saturated heterocycles. The van der Waals surface area contributed by atoms with Crippen LogP contribution in [0, 0.1) is 10.1 Å². The van der Waals surface area contributed by atoms with Gasteiger partial charge in [0.1, 0.15) is 0 Å². The molecule has 0 fully saturated rings. The van der Waals surface area contributed by atoms with Gasteiger partial charge in [-0.3, -0.25) is 15.3 Å². The van der Waals surface area contributed by atoms with Crippen molar-refractivity contribution in [2.24, 2.45) is 0 Å². The van der Waals surface area contributed by atoms with E-state index in [1.54, 1.807) is 0 Å². The van der Waals surface area contributed by atoms with Gasteiger partial charge in [-0.25, -0.2) is 0 Å². The minimum Gasteiger partial charge on any atom is -0.486 e. The number of aromatic nitrogens is 1. The van der Waals surface area contributed by atoms with Crippen LogP contribution < -0.4 is 9.47 Å². The Balaban J connectivity index is 3.20. The molecule has 0 aliphatic heterocycles. The highest BCUT2D eigenvalue weighted by Gasteiger charge is 2.18. The van der Waals surface area contributed by atoms with Crippen molar-refractivity contribution in [3.05, 3.63) is 28.6 Å². The number of nitro groups is 1. The van der Waals surface area contributed by atoms with Gasteiger partial charge in [-0.15, -0.1) is 0 Å². The molecule has 1 rings (SSSR count). The number of pyridine rings is 1. The van der Waals surface area contributed by atoms with Crippen molar-refractivity contribution < 1.29 is 19.6 Å². The molecule has 0 aliphatic carbocycles. The van der Waals surface area contributed by atoms with Crippen LogP contribution in [0.3, 0.4) is 0 Å². The molecule has 6 heteroatoms.